The van der Waals surface area contributed by atoms with Gasteiger partial charge in [0.05, 0.1) is 13.7 Å². The number of phenols is 2. The van der Waals surface area contributed by atoms with Gasteiger partial charge in [-0.2, -0.15) is 0 Å². The highest BCUT2D eigenvalue weighted by Gasteiger charge is 2.44. The van der Waals surface area contributed by atoms with Crippen LogP contribution in [0.3, 0.4) is 0 Å². The molecule has 0 unspecified atom stereocenters. The molecule has 1 aliphatic heterocycles. The van der Waals surface area contributed by atoms with Crippen molar-refractivity contribution in [1.29, 1.82) is 0 Å². The Balaban J connectivity index is 1.70. The predicted molar refractivity (Wildman–Crippen MR) is 105 cm³/mol. The molecule has 164 valence electrons. The van der Waals surface area contributed by atoms with Gasteiger partial charge in [-0.25, -0.2) is 0 Å². The molecule has 0 bridgehead atoms. The number of aliphatic hydroxyl groups is 4. The fourth-order valence-electron chi connectivity index (χ4n) is 3.32. The average molecular weight is 422 g/mol. The molecule has 0 amide bonds. The van der Waals surface area contributed by atoms with Crippen LogP contribution in [-0.4, -0.2) is 75.1 Å². The van der Waals surface area contributed by atoms with Crippen LogP contribution in [0.4, 0.5) is 0 Å². The largest absolute Gasteiger partial charge is 0.508 e. The Morgan fingerprint density at radius 1 is 0.900 bits per heavy atom. The Hall–Kier alpha value is -2.56. The lowest BCUT2D eigenvalue weighted by atomic mass is 9.99. The number of methoxy groups -OCH3 is 1. The maximum atomic E-state index is 10.1. The van der Waals surface area contributed by atoms with E-state index < -0.39 is 37.3 Å². The van der Waals surface area contributed by atoms with Crippen molar-refractivity contribution >= 4 is 0 Å². The molecule has 6 N–H and O–H groups in total. The Kier molecular flexibility index (Phi) is 7.01. The topological polar surface area (TPSA) is 149 Å². The fourth-order valence-corrected chi connectivity index (χ4v) is 3.32. The van der Waals surface area contributed by atoms with Crippen LogP contribution in [0.25, 0.3) is 0 Å². The van der Waals surface area contributed by atoms with Gasteiger partial charge in [0, 0.05) is 6.07 Å². The van der Waals surface area contributed by atoms with Crippen LogP contribution >= 0.6 is 0 Å². The molecule has 5 atom stereocenters. The normalized spacial score (nSPS) is 26.4. The molecule has 3 rings (SSSR count). The summed E-state index contributed by atoms with van der Waals surface area (Å²) in [4.78, 5) is 0. The van der Waals surface area contributed by atoms with Gasteiger partial charge in [0.25, 0.3) is 0 Å². The minimum Gasteiger partial charge on any atom is -0.508 e. The fraction of sp³-hybridized carbons (Fsp3) is 0.429. The zero-order valence-electron chi connectivity index (χ0n) is 16.4. The number of ether oxygens (including phenoxy) is 3. The van der Waals surface area contributed by atoms with Gasteiger partial charge in [0.1, 0.15) is 35.9 Å². The maximum absolute atomic E-state index is 10.1. The molecule has 1 fully saturated rings. The number of benzene rings is 2. The number of hydrogen-bond acceptors (Lipinski definition) is 9. The van der Waals surface area contributed by atoms with Crippen LogP contribution in [0, 0.1) is 0 Å². The van der Waals surface area contributed by atoms with Crippen molar-refractivity contribution < 1.29 is 44.8 Å². The van der Waals surface area contributed by atoms with Gasteiger partial charge in [0.15, 0.2) is 11.5 Å². The van der Waals surface area contributed by atoms with E-state index in [0.29, 0.717) is 18.6 Å². The number of aryl methyl sites for hydroxylation is 2. The average Bonchev–Trinajstić information content (AvgIpc) is 2.73. The summed E-state index contributed by atoms with van der Waals surface area (Å²) in [6.45, 7) is -0.563. The molecule has 0 aliphatic carbocycles. The predicted octanol–water partition coefficient (Wildman–Crippen LogP) is 0.0703. The first-order valence-corrected chi connectivity index (χ1v) is 9.48. The SMILES string of the molecule is COc1cc(CCc2cc(O)cc(O[C@@H]3O[C@H](CO)[C@@H](O)[C@H](O)[C@H]3O)c2)ccc1O. The standard InChI is InChI=1S/C21H26O9/c1-28-16-8-11(4-5-15(16)24)2-3-12-6-13(23)9-14(7-12)29-21-20(27)19(26)18(25)17(10-22)30-21/h4-9,17-27H,2-3,10H2,1H3/t17-,18-,19+,20-,21-/m1/s1. The van der Waals surface area contributed by atoms with E-state index in [2.05, 4.69) is 0 Å². The summed E-state index contributed by atoms with van der Waals surface area (Å²) < 4.78 is 16.0. The third-order valence-corrected chi connectivity index (χ3v) is 5.00. The maximum Gasteiger partial charge on any atom is 0.229 e. The second-order valence-electron chi connectivity index (χ2n) is 7.16. The first-order valence-electron chi connectivity index (χ1n) is 9.48. The Labute approximate surface area is 173 Å². The minimum atomic E-state index is -1.55. The van der Waals surface area contributed by atoms with Gasteiger partial charge in [-0.3, -0.25) is 0 Å². The molecule has 0 aromatic heterocycles. The van der Waals surface area contributed by atoms with E-state index in [4.69, 9.17) is 14.2 Å². The van der Waals surface area contributed by atoms with Gasteiger partial charge in [-0.1, -0.05) is 6.07 Å². The monoisotopic (exact) mass is 422 g/mol. The van der Waals surface area contributed by atoms with E-state index in [0.717, 1.165) is 11.1 Å². The van der Waals surface area contributed by atoms with Crippen molar-refractivity contribution in [2.75, 3.05) is 13.7 Å². The number of hydrogen-bond donors (Lipinski definition) is 6. The number of aliphatic hydroxyl groups excluding tert-OH is 4. The van der Waals surface area contributed by atoms with Gasteiger partial charge >= 0.3 is 0 Å². The van der Waals surface area contributed by atoms with E-state index in [1.54, 1.807) is 30.3 Å². The van der Waals surface area contributed by atoms with Crippen LogP contribution in [0.1, 0.15) is 11.1 Å². The molecule has 0 saturated carbocycles. The van der Waals surface area contributed by atoms with Gasteiger partial charge in [-0.05, 0) is 48.2 Å². The number of rotatable bonds is 7. The zero-order valence-corrected chi connectivity index (χ0v) is 16.4. The summed E-state index contributed by atoms with van der Waals surface area (Å²) in [5.41, 5.74) is 1.66. The summed E-state index contributed by atoms with van der Waals surface area (Å²) in [6, 6.07) is 9.59. The van der Waals surface area contributed by atoms with E-state index in [-0.39, 0.29) is 17.2 Å². The molecule has 0 radical (unpaired) electrons. The Morgan fingerprint density at radius 3 is 2.33 bits per heavy atom. The van der Waals surface area contributed by atoms with Crippen LogP contribution in [0.15, 0.2) is 36.4 Å². The van der Waals surface area contributed by atoms with Crippen LogP contribution in [-0.2, 0) is 17.6 Å². The molecule has 0 spiro atoms. The lowest BCUT2D eigenvalue weighted by Gasteiger charge is -2.39. The van der Waals surface area contributed by atoms with Gasteiger partial charge in [0.2, 0.25) is 6.29 Å². The molecule has 30 heavy (non-hydrogen) atoms. The smallest absolute Gasteiger partial charge is 0.229 e. The molecule has 1 heterocycles. The summed E-state index contributed by atoms with van der Waals surface area (Å²) in [7, 11) is 1.47. The van der Waals surface area contributed by atoms with Crippen molar-refractivity contribution in [3.05, 3.63) is 47.5 Å². The third kappa shape index (κ3) is 4.94. The van der Waals surface area contributed by atoms with Crippen molar-refractivity contribution in [2.24, 2.45) is 0 Å². The lowest BCUT2D eigenvalue weighted by Crippen LogP contribution is -2.60. The van der Waals surface area contributed by atoms with Crippen molar-refractivity contribution in [1.82, 2.24) is 0 Å². The molecule has 2 aromatic rings. The van der Waals surface area contributed by atoms with Crippen LogP contribution in [0.5, 0.6) is 23.0 Å². The van der Waals surface area contributed by atoms with Gasteiger partial charge in [-0.15, -0.1) is 0 Å². The molecule has 1 saturated heterocycles. The van der Waals surface area contributed by atoms with E-state index in [1.165, 1.54) is 13.2 Å². The molecule has 9 heteroatoms. The van der Waals surface area contributed by atoms with E-state index >= 15 is 0 Å². The van der Waals surface area contributed by atoms with Crippen molar-refractivity contribution in [2.45, 2.75) is 43.5 Å². The van der Waals surface area contributed by atoms with E-state index in [1.807, 2.05) is 0 Å². The second-order valence-corrected chi connectivity index (χ2v) is 7.16. The molecular weight excluding hydrogens is 396 g/mol. The molecule has 9 nitrogen and oxygen atoms in total. The van der Waals surface area contributed by atoms with E-state index in [9.17, 15) is 30.6 Å². The molecule has 2 aromatic carbocycles. The molecule has 1 aliphatic rings. The highest BCUT2D eigenvalue weighted by atomic mass is 16.7. The number of phenolic OH excluding ortho intramolecular Hbond substituents is 2. The molecular formula is C21H26O9. The summed E-state index contributed by atoms with van der Waals surface area (Å²) in [6.07, 6.45) is -5.87. The minimum absolute atomic E-state index is 0.0498. The Bertz CT molecular complexity index is 854. The zero-order chi connectivity index (χ0) is 21.8. The summed E-state index contributed by atoms with van der Waals surface area (Å²) in [5, 5.41) is 58.8. The van der Waals surface area contributed by atoms with Crippen molar-refractivity contribution in [3.63, 3.8) is 0 Å². The van der Waals surface area contributed by atoms with Crippen LogP contribution < -0.4 is 9.47 Å². The first-order chi connectivity index (χ1) is 14.3. The summed E-state index contributed by atoms with van der Waals surface area (Å²) >= 11 is 0. The Morgan fingerprint density at radius 2 is 1.63 bits per heavy atom. The quantitative estimate of drug-likeness (QED) is 0.364. The lowest BCUT2D eigenvalue weighted by molar-refractivity contribution is -0.277. The third-order valence-electron chi connectivity index (χ3n) is 5.00. The van der Waals surface area contributed by atoms with Crippen molar-refractivity contribution in [3.8, 4) is 23.0 Å². The highest BCUT2D eigenvalue weighted by Crippen LogP contribution is 2.29. The second kappa shape index (κ2) is 9.50. The summed E-state index contributed by atoms with van der Waals surface area (Å²) in [5.74, 6) is 0.553. The van der Waals surface area contributed by atoms with Crippen LogP contribution in [0.2, 0.25) is 0 Å². The van der Waals surface area contributed by atoms with Gasteiger partial charge < -0.3 is 44.8 Å². The number of aromatic hydroxyl groups is 2. The highest BCUT2D eigenvalue weighted by molar-refractivity contribution is 5.42. The first kappa shape index (κ1) is 22.1.